The predicted molar refractivity (Wildman–Crippen MR) is 409 cm³/mol. The van der Waals surface area contributed by atoms with E-state index in [9.17, 15) is 28.8 Å². The van der Waals surface area contributed by atoms with Gasteiger partial charge in [0.1, 0.15) is 33.6 Å². The van der Waals surface area contributed by atoms with E-state index >= 15 is 0 Å². The topological polar surface area (TPSA) is 164 Å². The Morgan fingerprint density at radius 3 is 0.537 bits per heavy atom. The van der Waals surface area contributed by atoms with Crippen LogP contribution in [0.15, 0.2) is 328 Å². The van der Waals surface area contributed by atoms with Gasteiger partial charge in [-0.1, -0.05) is 309 Å². The van der Waals surface area contributed by atoms with E-state index in [1.165, 1.54) is 21.6 Å². The van der Waals surface area contributed by atoms with Gasteiger partial charge in [-0.15, -0.1) is 0 Å². The minimum absolute atomic E-state index is 0.203. The number of para-hydroxylation sites is 3. The number of aryl methyl sites for hydroxylation is 3. The molecule has 6 bridgehead atoms. The van der Waals surface area contributed by atoms with E-state index in [0.29, 0.717) is 17.1 Å². The van der Waals surface area contributed by atoms with Gasteiger partial charge in [0.25, 0.3) is 0 Å². The molecule has 21 rings (SSSR count). The molecule has 13 heteroatoms. The molecular weight excluding hydrogens is 1340 g/mol. The van der Waals surface area contributed by atoms with Crippen molar-refractivity contribution >= 4 is 52.5 Å². The maximum Gasteiger partial charge on any atom is 0.241 e. The first-order valence-corrected chi connectivity index (χ1v) is 36.6. The fourth-order valence-corrected chi connectivity index (χ4v) is 20.0. The van der Waals surface area contributed by atoms with Crippen molar-refractivity contribution in [3.63, 3.8) is 0 Å². The third-order valence-electron chi connectivity index (χ3n) is 24.0. The number of imide groups is 3. The lowest BCUT2D eigenvalue weighted by atomic mass is 9.61. The van der Waals surface area contributed by atoms with E-state index in [4.69, 9.17) is 19.5 Å². The number of hydrogen-bond donors (Lipinski definition) is 0. The standard InChI is InChI=1S/3C31H23NO3.C2H3N/c3*1-20-12-8-11-19-25(20)32-28(33)26-27(29(32)34)31(22-15-6-3-7-16-22)24-18-10-9-17-23(24)30(26,35-31)21-13-4-2-5-14-21;1-2-3/h3*2-19,26-27H,1H3;1H3/t3*26-,27+,30+,31-;. The first-order valence-electron chi connectivity index (χ1n) is 36.6. The summed E-state index contributed by atoms with van der Waals surface area (Å²) in [5.41, 5.74) is 9.43. The Bertz CT molecular complexity index is 4880. The first-order chi connectivity index (χ1) is 52.7. The van der Waals surface area contributed by atoms with Crippen molar-refractivity contribution < 1.29 is 43.0 Å². The van der Waals surface area contributed by atoms with Crippen LogP contribution in [-0.2, 0) is 76.6 Å². The zero-order valence-electron chi connectivity index (χ0n) is 59.6. The van der Waals surface area contributed by atoms with Crippen molar-refractivity contribution in [2.45, 2.75) is 61.3 Å². The highest BCUT2D eigenvalue weighted by Crippen LogP contribution is 2.74. The number of hydrogen-bond acceptors (Lipinski definition) is 10. The maximum absolute atomic E-state index is 14.3. The van der Waals surface area contributed by atoms with Crippen molar-refractivity contribution in [1.29, 1.82) is 5.26 Å². The molecule has 0 saturated carbocycles. The molecule has 9 aliphatic heterocycles. The number of nitrogens with zero attached hydrogens (tertiary/aromatic N) is 4. The Morgan fingerprint density at radius 1 is 0.241 bits per heavy atom. The number of anilines is 3. The largest absolute Gasteiger partial charge is 0.348 e. The highest BCUT2D eigenvalue weighted by atomic mass is 16.6. The molecule has 0 radical (unpaired) electrons. The molecule has 6 amide bonds. The van der Waals surface area contributed by atoms with Gasteiger partial charge in [0, 0.05) is 6.92 Å². The molecule has 108 heavy (non-hydrogen) atoms. The molecule has 9 aliphatic rings. The van der Waals surface area contributed by atoms with Crippen LogP contribution >= 0.6 is 0 Å². The van der Waals surface area contributed by atoms with Crippen molar-refractivity contribution in [3.05, 3.63) is 411 Å². The summed E-state index contributed by atoms with van der Waals surface area (Å²) in [6, 6.07) is 108. The summed E-state index contributed by atoms with van der Waals surface area (Å²) in [6.45, 7) is 7.23. The Balaban J connectivity index is 0.000000112. The van der Waals surface area contributed by atoms with E-state index in [1.807, 2.05) is 312 Å². The fraction of sp³-hybridized carbons (Fsp3) is 0.168. The molecule has 0 aromatic heterocycles. The molecule has 9 heterocycles. The van der Waals surface area contributed by atoms with Crippen molar-refractivity contribution in [1.82, 2.24) is 0 Å². The molecule has 12 atom stereocenters. The van der Waals surface area contributed by atoms with Gasteiger partial charge >= 0.3 is 0 Å². The van der Waals surface area contributed by atoms with E-state index in [2.05, 4.69) is 36.4 Å². The molecule has 0 aliphatic carbocycles. The van der Waals surface area contributed by atoms with Crippen LogP contribution in [0, 0.1) is 67.6 Å². The average Bonchev–Trinajstić information content (AvgIpc) is 1.49. The number of benzene rings is 12. The summed E-state index contributed by atoms with van der Waals surface area (Å²) < 4.78 is 21.4. The number of amides is 6. The molecule has 12 aromatic carbocycles. The highest BCUT2D eigenvalue weighted by Gasteiger charge is 2.82. The number of carbonyl (C=O) groups excluding carboxylic acids is 6. The molecule has 12 aromatic rings. The lowest BCUT2D eigenvalue weighted by Crippen LogP contribution is -2.42. The SMILES string of the molecule is CC#N.Cc1ccccc1N1C(=O)[C@@H]2[C@H](C1=O)[C@@]1(c3ccccc3)O[C@]2(c2ccccc2)c2ccccc21.Cc1ccccc1N1C(=O)[C@@H]2[C@H](C1=O)[C@@]1(c3ccccc3)O[C@]2(c2ccccc2)c2ccccc21.Cc1ccccc1N1C(=O)[C@@H]2[C@H](C1=O)[C@@]1(c3ccccc3)O[C@]2(c2ccccc2)c2ccccc21. The van der Waals surface area contributed by atoms with Crippen LogP contribution in [0.3, 0.4) is 0 Å². The van der Waals surface area contributed by atoms with Crippen LogP contribution in [0.4, 0.5) is 17.1 Å². The minimum Gasteiger partial charge on any atom is -0.348 e. The number of nitriles is 1. The summed E-state index contributed by atoms with van der Waals surface area (Å²) >= 11 is 0. The second-order valence-electron chi connectivity index (χ2n) is 29.0. The van der Waals surface area contributed by atoms with Gasteiger partial charge in [-0.25, -0.2) is 14.7 Å². The van der Waals surface area contributed by atoms with Crippen LogP contribution in [0.25, 0.3) is 0 Å². The predicted octanol–water partition coefficient (Wildman–Crippen LogP) is 16.5. The summed E-state index contributed by atoms with van der Waals surface area (Å²) in [7, 11) is 0. The van der Waals surface area contributed by atoms with E-state index in [-0.39, 0.29) is 35.4 Å². The third-order valence-corrected chi connectivity index (χ3v) is 24.0. The Morgan fingerprint density at radius 2 is 0.380 bits per heavy atom. The van der Waals surface area contributed by atoms with Crippen LogP contribution in [0.1, 0.15) is 90.4 Å². The van der Waals surface area contributed by atoms with Gasteiger partial charge in [0.15, 0.2) is 0 Å². The Kier molecular flexibility index (Phi) is 15.8. The highest BCUT2D eigenvalue weighted by molar-refractivity contribution is 6.26. The quantitative estimate of drug-likeness (QED) is 0.127. The molecule has 0 unspecified atom stereocenters. The van der Waals surface area contributed by atoms with Gasteiger partial charge in [-0.05, 0) is 122 Å². The summed E-state index contributed by atoms with van der Waals surface area (Å²) in [5, 5.41) is 7.32. The third kappa shape index (κ3) is 8.90. The lowest BCUT2D eigenvalue weighted by Gasteiger charge is -2.34. The number of rotatable bonds is 9. The van der Waals surface area contributed by atoms with Crippen LogP contribution in [-0.4, -0.2) is 35.4 Å². The first kappa shape index (κ1) is 67.3. The molecule has 0 N–H and O–H groups in total. The normalized spacial score (nSPS) is 27.6. The maximum atomic E-state index is 14.3. The zero-order valence-corrected chi connectivity index (χ0v) is 59.6. The average molecular weight is 1410 g/mol. The smallest absolute Gasteiger partial charge is 0.241 e. The van der Waals surface area contributed by atoms with Gasteiger partial charge in [-0.2, -0.15) is 5.26 Å². The van der Waals surface area contributed by atoms with Crippen molar-refractivity contribution in [2.75, 3.05) is 14.7 Å². The number of ether oxygens (including phenoxy) is 3. The van der Waals surface area contributed by atoms with Crippen LogP contribution < -0.4 is 14.7 Å². The second-order valence-corrected chi connectivity index (χ2v) is 29.0. The number of carbonyl (C=O) groups is 6. The lowest BCUT2D eigenvalue weighted by molar-refractivity contribution is -0.132. The fourth-order valence-electron chi connectivity index (χ4n) is 20.0. The van der Waals surface area contributed by atoms with Crippen molar-refractivity contribution in [2.24, 2.45) is 35.5 Å². The summed E-state index contributed by atoms with van der Waals surface area (Å²) in [5.74, 6) is -5.26. The van der Waals surface area contributed by atoms with Crippen molar-refractivity contribution in [3.8, 4) is 6.07 Å². The number of fused-ring (bicyclic) bond motifs is 24. The van der Waals surface area contributed by atoms with E-state index in [1.54, 1.807) is 6.07 Å². The Labute approximate surface area is 625 Å². The van der Waals surface area contributed by atoms with Crippen LogP contribution in [0.5, 0.6) is 0 Å². The van der Waals surface area contributed by atoms with Gasteiger partial charge < -0.3 is 14.2 Å². The van der Waals surface area contributed by atoms with Gasteiger partial charge in [0.2, 0.25) is 35.4 Å². The minimum atomic E-state index is -1.05. The molecule has 13 nitrogen and oxygen atoms in total. The van der Waals surface area contributed by atoms with Gasteiger partial charge in [0.05, 0.1) is 58.6 Å². The molecule has 0 spiro atoms. The van der Waals surface area contributed by atoms with Gasteiger partial charge in [-0.3, -0.25) is 28.8 Å². The summed E-state index contributed by atoms with van der Waals surface area (Å²) in [4.78, 5) is 90.2. The van der Waals surface area contributed by atoms with E-state index < -0.39 is 69.1 Å². The summed E-state index contributed by atoms with van der Waals surface area (Å²) in [6.07, 6.45) is 0. The van der Waals surface area contributed by atoms with Crippen LogP contribution in [0.2, 0.25) is 0 Å². The Hall–Kier alpha value is -12.6. The molecule has 526 valence electrons. The molecule has 6 fully saturated rings. The monoisotopic (exact) mass is 1410 g/mol. The molecule has 6 saturated heterocycles. The second kappa shape index (κ2) is 25.3. The zero-order chi connectivity index (χ0) is 74.1. The van der Waals surface area contributed by atoms with E-state index in [0.717, 1.165) is 83.5 Å². The molecular formula is C95H72N4O9.